The Labute approximate surface area is 144 Å². The largest absolute Gasteiger partial charge is 0.378 e. The first-order valence-corrected chi connectivity index (χ1v) is 8.52. The molecule has 1 aromatic heterocycles. The maximum Gasteiger partial charge on any atom is 0.226 e. The van der Waals surface area contributed by atoms with Crippen LogP contribution >= 0.6 is 0 Å². The Morgan fingerprint density at radius 3 is 2.67 bits per heavy atom. The normalized spacial score (nSPS) is 18.8. The van der Waals surface area contributed by atoms with Crippen molar-refractivity contribution < 1.29 is 4.74 Å². The molecule has 1 aromatic carbocycles. The van der Waals surface area contributed by atoms with Crippen LogP contribution in [0.25, 0.3) is 0 Å². The van der Waals surface area contributed by atoms with E-state index in [0.717, 1.165) is 43.5 Å². The lowest BCUT2D eigenvalue weighted by Gasteiger charge is -2.40. The summed E-state index contributed by atoms with van der Waals surface area (Å²) in [4.78, 5) is 14.1. The molecule has 5 nitrogen and oxygen atoms in total. The van der Waals surface area contributed by atoms with Gasteiger partial charge in [0.1, 0.15) is 0 Å². The lowest BCUT2D eigenvalue weighted by Crippen LogP contribution is -2.52. The van der Waals surface area contributed by atoms with Crippen LogP contribution in [0.15, 0.2) is 36.4 Å². The van der Waals surface area contributed by atoms with Crippen LogP contribution in [0.1, 0.15) is 23.9 Å². The number of aryl methyl sites for hydroxylation is 1. The highest BCUT2D eigenvalue weighted by molar-refractivity contribution is 5.35. The molecular weight excluding hydrogens is 300 g/mol. The Balaban J connectivity index is 1.67. The zero-order chi connectivity index (χ0) is 16.9. The van der Waals surface area contributed by atoms with Gasteiger partial charge < -0.3 is 9.64 Å². The van der Waals surface area contributed by atoms with Crippen molar-refractivity contribution in [1.82, 2.24) is 14.9 Å². The Morgan fingerprint density at radius 1 is 1.17 bits per heavy atom. The van der Waals surface area contributed by atoms with Gasteiger partial charge in [-0.05, 0) is 25.5 Å². The van der Waals surface area contributed by atoms with E-state index in [-0.39, 0.29) is 0 Å². The van der Waals surface area contributed by atoms with Crippen LogP contribution in [-0.2, 0) is 17.9 Å². The maximum absolute atomic E-state index is 5.22. The van der Waals surface area contributed by atoms with E-state index in [4.69, 9.17) is 4.74 Å². The van der Waals surface area contributed by atoms with E-state index in [2.05, 4.69) is 57.0 Å². The fraction of sp³-hybridized carbons (Fsp3) is 0.474. The molecule has 24 heavy (non-hydrogen) atoms. The van der Waals surface area contributed by atoms with Gasteiger partial charge in [-0.1, -0.05) is 30.3 Å². The predicted octanol–water partition coefficient (Wildman–Crippen LogP) is 2.64. The minimum absolute atomic E-state index is 0.389. The molecule has 0 aliphatic carbocycles. The van der Waals surface area contributed by atoms with Crippen LogP contribution < -0.4 is 4.90 Å². The van der Waals surface area contributed by atoms with Gasteiger partial charge in [-0.2, -0.15) is 0 Å². The van der Waals surface area contributed by atoms with Crippen LogP contribution in [-0.4, -0.2) is 47.7 Å². The van der Waals surface area contributed by atoms with Crippen LogP contribution in [0, 0.1) is 6.92 Å². The molecule has 0 radical (unpaired) electrons. The highest BCUT2D eigenvalue weighted by Gasteiger charge is 2.26. The molecule has 128 valence electrons. The zero-order valence-electron chi connectivity index (χ0n) is 14.8. The van der Waals surface area contributed by atoms with Gasteiger partial charge in [-0.15, -0.1) is 0 Å². The van der Waals surface area contributed by atoms with Gasteiger partial charge in [-0.3, -0.25) is 4.90 Å². The molecule has 2 aromatic rings. The molecule has 0 amide bonds. The average Bonchev–Trinajstić information content (AvgIpc) is 2.55. The molecule has 1 aliphatic rings. The van der Waals surface area contributed by atoms with Crippen molar-refractivity contribution >= 4 is 5.95 Å². The van der Waals surface area contributed by atoms with Gasteiger partial charge in [0.2, 0.25) is 5.95 Å². The minimum atomic E-state index is 0.389. The Kier molecular flexibility index (Phi) is 5.43. The lowest BCUT2D eigenvalue weighted by molar-refractivity contribution is 0.181. The lowest BCUT2D eigenvalue weighted by atomic mass is 10.1. The number of nitrogens with zero attached hydrogens (tertiary/aromatic N) is 4. The van der Waals surface area contributed by atoms with Gasteiger partial charge in [0.25, 0.3) is 0 Å². The van der Waals surface area contributed by atoms with Crippen molar-refractivity contribution in [2.75, 3.05) is 31.6 Å². The number of aromatic nitrogens is 2. The molecule has 0 N–H and O–H groups in total. The number of methoxy groups -OCH3 is 1. The Bertz CT molecular complexity index is 662. The Hall–Kier alpha value is -1.98. The van der Waals surface area contributed by atoms with Gasteiger partial charge in [-0.25, -0.2) is 9.97 Å². The summed E-state index contributed by atoms with van der Waals surface area (Å²) in [5.41, 5.74) is 3.30. The van der Waals surface area contributed by atoms with Crippen LogP contribution in [0.5, 0.6) is 0 Å². The minimum Gasteiger partial charge on any atom is -0.378 e. The summed E-state index contributed by atoms with van der Waals surface area (Å²) < 4.78 is 5.22. The SMILES string of the molecule is COCc1cc(C)nc(N2CCN(Cc3ccccc3)C[C@@H]2C)n1. The molecule has 5 heteroatoms. The van der Waals surface area contributed by atoms with Crippen molar-refractivity contribution in [2.24, 2.45) is 0 Å². The quantitative estimate of drug-likeness (QED) is 0.845. The van der Waals surface area contributed by atoms with Crippen molar-refractivity contribution in [2.45, 2.75) is 33.0 Å². The number of rotatable bonds is 5. The number of piperazine rings is 1. The summed E-state index contributed by atoms with van der Waals surface area (Å²) in [7, 11) is 1.70. The first-order chi connectivity index (χ1) is 11.7. The first-order valence-electron chi connectivity index (χ1n) is 8.52. The Morgan fingerprint density at radius 2 is 1.96 bits per heavy atom. The number of anilines is 1. The predicted molar refractivity (Wildman–Crippen MR) is 96.0 cm³/mol. The fourth-order valence-corrected chi connectivity index (χ4v) is 3.28. The highest BCUT2D eigenvalue weighted by Crippen LogP contribution is 2.19. The molecule has 1 fully saturated rings. The van der Waals surface area contributed by atoms with E-state index in [1.54, 1.807) is 7.11 Å². The second kappa shape index (κ2) is 7.73. The molecule has 0 saturated carbocycles. The number of hydrogen-bond acceptors (Lipinski definition) is 5. The third-order valence-corrected chi connectivity index (χ3v) is 4.41. The highest BCUT2D eigenvalue weighted by atomic mass is 16.5. The maximum atomic E-state index is 5.22. The fourth-order valence-electron chi connectivity index (χ4n) is 3.28. The number of hydrogen-bond donors (Lipinski definition) is 0. The van der Waals surface area contributed by atoms with Crippen molar-refractivity contribution in [3.8, 4) is 0 Å². The summed E-state index contributed by atoms with van der Waals surface area (Å²) in [5, 5.41) is 0. The summed E-state index contributed by atoms with van der Waals surface area (Å²) in [6, 6.07) is 13.0. The molecular formula is C19H26N4O. The van der Waals surface area contributed by atoms with E-state index in [9.17, 15) is 0 Å². The first kappa shape index (κ1) is 16.9. The van der Waals surface area contributed by atoms with Crippen LogP contribution in [0.2, 0.25) is 0 Å². The van der Waals surface area contributed by atoms with E-state index in [1.807, 2.05) is 13.0 Å². The van der Waals surface area contributed by atoms with Crippen molar-refractivity contribution in [3.63, 3.8) is 0 Å². The van der Waals surface area contributed by atoms with E-state index in [0.29, 0.717) is 12.6 Å². The molecule has 0 unspecified atom stereocenters. The molecule has 2 heterocycles. The molecule has 1 aliphatic heterocycles. The summed E-state index contributed by atoms with van der Waals surface area (Å²) in [6.45, 7) is 8.78. The van der Waals surface area contributed by atoms with E-state index < -0.39 is 0 Å². The summed E-state index contributed by atoms with van der Waals surface area (Å²) >= 11 is 0. The second-order valence-electron chi connectivity index (χ2n) is 6.50. The van der Waals surface area contributed by atoms with Gasteiger partial charge in [0, 0.05) is 45.0 Å². The topological polar surface area (TPSA) is 41.5 Å². The zero-order valence-corrected chi connectivity index (χ0v) is 14.8. The van der Waals surface area contributed by atoms with Gasteiger partial charge >= 0.3 is 0 Å². The third kappa shape index (κ3) is 4.10. The average molecular weight is 326 g/mol. The standard InChI is InChI=1S/C19H26N4O/c1-15-11-18(14-24-3)21-19(20-15)23-10-9-22(12-16(23)2)13-17-7-5-4-6-8-17/h4-8,11,16H,9-10,12-14H2,1-3H3/t16-/m0/s1. The summed E-state index contributed by atoms with van der Waals surface area (Å²) in [5.74, 6) is 0.828. The smallest absolute Gasteiger partial charge is 0.226 e. The number of ether oxygens (including phenoxy) is 1. The monoisotopic (exact) mass is 326 g/mol. The third-order valence-electron chi connectivity index (χ3n) is 4.41. The van der Waals surface area contributed by atoms with E-state index >= 15 is 0 Å². The van der Waals surface area contributed by atoms with E-state index in [1.165, 1.54) is 5.56 Å². The number of benzene rings is 1. The molecule has 1 saturated heterocycles. The molecule has 3 rings (SSSR count). The molecule has 1 atom stereocenters. The van der Waals surface area contributed by atoms with Gasteiger partial charge in [0.15, 0.2) is 0 Å². The van der Waals surface area contributed by atoms with Crippen LogP contribution in [0.4, 0.5) is 5.95 Å². The second-order valence-corrected chi connectivity index (χ2v) is 6.50. The molecule has 0 spiro atoms. The van der Waals surface area contributed by atoms with Crippen molar-refractivity contribution in [1.29, 1.82) is 0 Å². The summed E-state index contributed by atoms with van der Waals surface area (Å²) in [6.07, 6.45) is 0. The van der Waals surface area contributed by atoms with Crippen molar-refractivity contribution in [3.05, 3.63) is 53.3 Å². The van der Waals surface area contributed by atoms with Gasteiger partial charge in [0.05, 0.1) is 12.3 Å². The molecule has 0 bridgehead atoms. The van der Waals surface area contributed by atoms with Crippen LogP contribution in [0.3, 0.4) is 0 Å².